The minimum absolute atomic E-state index is 0.0732. The van der Waals surface area contributed by atoms with Gasteiger partial charge < -0.3 is 0 Å². The fraction of sp³-hybridized carbons (Fsp3) is 1.00. The second kappa shape index (κ2) is 11.7. The van der Waals surface area contributed by atoms with Gasteiger partial charge >= 0.3 is 0 Å². The van der Waals surface area contributed by atoms with E-state index in [1.165, 1.54) is 44.9 Å². The molecular formula is C16H34O2S. The standard InChI is InChI=1S/C16H34O2S/c1-4-7-9-11-13-15-16(19(17,18)6-3)14-12-10-8-5-2/h16H,4-15H2,1-3H3. The maximum Gasteiger partial charge on any atom is 0.152 e. The van der Waals surface area contributed by atoms with Crippen molar-refractivity contribution in [3.8, 4) is 0 Å². The molecule has 0 heterocycles. The molecule has 0 spiro atoms. The lowest BCUT2D eigenvalue weighted by molar-refractivity contribution is 0.519. The molecule has 116 valence electrons. The molecule has 0 aliphatic rings. The van der Waals surface area contributed by atoms with Crippen LogP contribution in [0.2, 0.25) is 0 Å². The third kappa shape index (κ3) is 9.48. The maximum absolute atomic E-state index is 12.1. The van der Waals surface area contributed by atoms with Gasteiger partial charge in [-0.15, -0.1) is 0 Å². The zero-order chi connectivity index (χ0) is 14.6. The van der Waals surface area contributed by atoms with Gasteiger partial charge in [0, 0.05) is 5.75 Å². The van der Waals surface area contributed by atoms with Gasteiger partial charge in [0.15, 0.2) is 9.84 Å². The van der Waals surface area contributed by atoms with Gasteiger partial charge in [0.05, 0.1) is 5.25 Å². The number of sulfone groups is 1. The Hall–Kier alpha value is -0.0500. The predicted octanol–water partition coefficient (Wildman–Crippen LogP) is 5.12. The largest absolute Gasteiger partial charge is 0.229 e. The molecule has 1 atom stereocenters. The van der Waals surface area contributed by atoms with Crippen LogP contribution >= 0.6 is 0 Å². The topological polar surface area (TPSA) is 34.1 Å². The quantitative estimate of drug-likeness (QED) is 0.441. The van der Waals surface area contributed by atoms with Crippen LogP contribution in [0.15, 0.2) is 0 Å². The number of hydrogen-bond acceptors (Lipinski definition) is 2. The predicted molar refractivity (Wildman–Crippen MR) is 85.4 cm³/mol. The first kappa shape index (κ1) is 18.9. The third-order valence-electron chi connectivity index (χ3n) is 3.92. The summed E-state index contributed by atoms with van der Waals surface area (Å²) in [7, 11) is -2.84. The van der Waals surface area contributed by atoms with Crippen LogP contribution in [0.1, 0.15) is 91.4 Å². The Bertz CT molecular complexity index is 283. The van der Waals surface area contributed by atoms with Crippen LogP contribution in [0.25, 0.3) is 0 Å². The van der Waals surface area contributed by atoms with E-state index in [9.17, 15) is 8.42 Å². The highest BCUT2D eigenvalue weighted by Crippen LogP contribution is 2.19. The van der Waals surface area contributed by atoms with Crippen molar-refractivity contribution in [1.82, 2.24) is 0 Å². The van der Waals surface area contributed by atoms with E-state index < -0.39 is 9.84 Å². The van der Waals surface area contributed by atoms with Crippen LogP contribution in [0.5, 0.6) is 0 Å². The highest BCUT2D eigenvalue weighted by molar-refractivity contribution is 7.91. The van der Waals surface area contributed by atoms with Crippen LogP contribution in [0.4, 0.5) is 0 Å². The van der Waals surface area contributed by atoms with Gasteiger partial charge in [-0.3, -0.25) is 0 Å². The molecule has 0 radical (unpaired) electrons. The van der Waals surface area contributed by atoms with Crippen molar-refractivity contribution in [3.63, 3.8) is 0 Å². The van der Waals surface area contributed by atoms with Gasteiger partial charge in [-0.05, 0) is 12.8 Å². The molecular weight excluding hydrogens is 256 g/mol. The lowest BCUT2D eigenvalue weighted by Gasteiger charge is -2.16. The molecule has 0 saturated heterocycles. The monoisotopic (exact) mass is 290 g/mol. The Kier molecular flexibility index (Phi) is 11.7. The summed E-state index contributed by atoms with van der Waals surface area (Å²) in [5, 5.41) is -0.0732. The smallest absolute Gasteiger partial charge is 0.152 e. The highest BCUT2D eigenvalue weighted by Gasteiger charge is 2.22. The van der Waals surface area contributed by atoms with Gasteiger partial charge in [-0.1, -0.05) is 78.6 Å². The summed E-state index contributed by atoms with van der Waals surface area (Å²) in [5.41, 5.74) is 0. The Morgan fingerprint density at radius 2 is 1.11 bits per heavy atom. The zero-order valence-corrected chi connectivity index (χ0v) is 14.1. The molecule has 0 bridgehead atoms. The lowest BCUT2D eigenvalue weighted by Crippen LogP contribution is -2.23. The molecule has 1 unspecified atom stereocenters. The van der Waals surface area contributed by atoms with Crippen molar-refractivity contribution < 1.29 is 8.42 Å². The number of rotatable bonds is 13. The number of hydrogen-bond donors (Lipinski definition) is 0. The average molecular weight is 291 g/mol. The highest BCUT2D eigenvalue weighted by atomic mass is 32.2. The normalized spacial score (nSPS) is 13.6. The van der Waals surface area contributed by atoms with Gasteiger partial charge in [-0.2, -0.15) is 0 Å². The van der Waals surface area contributed by atoms with Crippen LogP contribution in [-0.4, -0.2) is 19.4 Å². The van der Waals surface area contributed by atoms with Crippen molar-refractivity contribution in [3.05, 3.63) is 0 Å². The molecule has 0 aromatic heterocycles. The van der Waals surface area contributed by atoms with Crippen molar-refractivity contribution >= 4 is 9.84 Å². The first-order valence-corrected chi connectivity index (χ1v) is 10.0. The maximum atomic E-state index is 12.1. The van der Waals surface area contributed by atoms with E-state index in [1.807, 2.05) is 0 Å². The van der Waals surface area contributed by atoms with Gasteiger partial charge in [0.2, 0.25) is 0 Å². The Labute approximate surface area is 121 Å². The molecule has 0 fully saturated rings. The summed E-state index contributed by atoms with van der Waals surface area (Å²) in [6.45, 7) is 6.18. The molecule has 0 rings (SSSR count). The molecule has 0 aromatic carbocycles. The summed E-state index contributed by atoms with van der Waals surface area (Å²) in [4.78, 5) is 0. The van der Waals surface area contributed by atoms with E-state index >= 15 is 0 Å². The second-order valence-electron chi connectivity index (χ2n) is 5.63. The summed E-state index contributed by atoms with van der Waals surface area (Å²) in [6.07, 6.45) is 12.5. The second-order valence-corrected chi connectivity index (χ2v) is 8.20. The molecule has 0 aliphatic heterocycles. The van der Waals surface area contributed by atoms with Crippen molar-refractivity contribution in [2.24, 2.45) is 0 Å². The van der Waals surface area contributed by atoms with Crippen molar-refractivity contribution in [2.45, 2.75) is 96.7 Å². The molecule has 0 saturated carbocycles. The first-order valence-electron chi connectivity index (χ1n) is 8.30. The zero-order valence-electron chi connectivity index (χ0n) is 13.3. The summed E-state index contributed by atoms with van der Waals surface area (Å²) in [5.74, 6) is 0.306. The van der Waals surface area contributed by atoms with E-state index in [1.54, 1.807) is 6.92 Å². The number of unbranched alkanes of at least 4 members (excludes halogenated alkanes) is 7. The van der Waals surface area contributed by atoms with Crippen LogP contribution < -0.4 is 0 Å². The van der Waals surface area contributed by atoms with Crippen molar-refractivity contribution in [1.29, 1.82) is 0 Å². The summed E-state index contributed by atoms with van der Waals surface area (Å²) in [6, 6.07) is 0. The van der Waals surface area contributed by atoms with Crippen LogP contribution in [0.3, 0.4) is 0 Å². The average Bonchev–Trinajstić information content (AvgIpc) is 2.40. The van der Waals surface area contributed by atoms with Crippen molar-refractivity contribution in [2.75, 3.05) is 5.75 Å². The van der Waals surface area contributed by atoms with Gasteiger partial charge in [0.1, 0.15) is 0 Å². The minimum Gasteiger partial charge on any atom is -0.229 e. The first-order chi connectivity index (χ1) is 9.08. The summed E-state index contributed by atoms with van der Waals surface area (Å²) >= 11 is 0. The minimum atomic E-state index is -2.84. The van der Waals surface area contributed by atoms with Gasteiger partial charge in [-0.25, -0.2) is 8.42 Å². The van der Waals surface area contributed by atoms with E-state index in [4.69, 9.17) is 0 Å². The molecule has 0 aromatic rings. The molecule has 0 aliphatic carbocycles. The Morgan fingerprint density at radius 3 is 1.53 bits per heavy atom. The lowest BCUT2D eigenvalue weighted by atomic mass is 10.0. The fourth-order valence-corrected chi connectivity index (χ4v) is 4.04. The van der Waals surface area contributed by atoms with Gasteiger partial charge in [0.25, 0.3) is 0 Å². The molecule has 3 heteroatoms. The van der Waals surface area contributed by atoms with Crippen LogP contribution in [0, 0.1) is 0 Å². The molecule has 0 N–H and O–H groups in total. The Morgan fingerprint density at radius 1 is 0.684 bits per heavy atom. The summed E-state index contributed by atoms with van der Waals surface area (Å²) < 4.78 is 24.2. The van der Waals surface area contributed by atoms with Crippen LogP contribution in [-0.2, 0) is 9.84 Å². The molecule has 0 amide bonds. The fourth-order valence-electron chi connectivity index (χ4n) is 2.51. The van der Waals surface area contributed by atoms with E-state index in [2.05, 4.69) is 13.8 Å². The molecule has 2 nitrogen and oxygen atoms in total. The van der Waals surface area contributed by atoms with E-state index in [0.717, 1.165) is 25.7 Å². The Balaban J connectivity index is 4.05. The van der Waals surface area contributed by atoms with E-state index in [-0.39, 0.29) is 5.25 Å². The third-order valence-corrected chi connectivity index (χ3v) is 6.21. The molecule has 19 heavy (non-hydrogen) atoms. The van der Waals surface area contributed by atoms with E-state index in [0.29, 0.717) is 5.75 Å². The SMILES string of the molecule is CCCCCCCC(CCCCCC)S(=O)(=O)CC.